The summed E-state index contributed by atoms with van der Waals surface area (Å²) in [4.78, 5) is 0.773. The minimum absolute atomic E-state index is 0.257. The molecule has 0 bridgehead atoms. The molecule has 0 radical (unpaired) electrons. The maximum Gasteiger partial charge on any atom is 0.131 e. The van der Waals surface area contributed by atoms with Gasteiger partial charge in [-0.2, -0.15) is 0 Å². The van der Waals surface area contributed by atoms with Gasteiger partial charge in [-0.05, 0) is 18.4 Å². The third kappa shape index (κ3) is 1.58. The van der Waals surface area contributed by atoms with Crippen molar-refractivity contribution in [3.8, 4) is 5.75 Å². The SMILES string of the molecule is CSc1c(O)cccc1NN. The summed E-state index contributed by atoms with van der Waals surface area (Å²) in [6.45, 7) is 0. The first kappa shape index (κ1) is 8.23. The number of rotatable bonds is 2. The molecule has 0 aliphatic carbocycles. The smallest absolute Gasteiger partial charge is 0.131 e. The van der Waals surface area contributed by atoms with E-state index in [9.17, 15) is 5.11 Å². The molecule has 0 amide bonds. The maximum atomic E-state index is 9.31. The van der Waals surface area contributed by atoms with Crippen LogP contribution in [0, 0.1) is 0 Å². The van der Waals surface area contributed by atoms with Crippen LogP contribution in [0.1, 0.15) is 0 Å². The summed E-state index contributed by atoms with van der Waals surface area (Å²) in [6, 6.07) is 5.18. The molecule has 4 N–H and O–H groups in total. The van der Waals surface area contributed by atoms with Gasteiger partial charge in [0.05, 0.1) is 10.6 Å². The fourth-order valence-electron chi connectivity index (χ4n) is 0.853. The van der Waals surface area contributed by atoms with E-state index < -0.39 is 0 Å². The summed E-state index contributed by atoms with van der Waals surface area (Å²) in [5.41, 5.74) is 3.25. The molecule has 60 valence electrons. The Labute approximate surface area is 69.6 Å². The molecule has 0 aromatic heterocycles. The van der Waals surface area contributed by atoms with E-state index in [1.165, 1.54) is 11.8 Å². The van der Waals surface area contributed by atoms with Crippen molar-refractivity contribution < 1.29 is 5.11 Å². The first-order valence-electron chi connectivity index (χ1n) is 3.12. The third-order valence-corrected chi connectivity index (χ3v) is 2.19. The van der Waals surface area contributed by atoms with E-state index in [1.54, 1.807) is 12.1 Å². The lowest BCUT2D eigenvalue weighted by atomic mass is 10.3. The van der Waals surface area contributed by atoms with E-state index in [0.29, 0.717) is 0 Å². The zero-order valence-corrected chi connectivity index (χ0v) is 6.98. The summed E-state index contributed by atoms with van der Waals surface area (Å²) in [7, 11) is 0. The molecule has 0 saturated heterocycles. The van der Waals surface area contributed by atoms with Crippen LogP contribution < -0.4 is 11.3 Å². The van der Waals surface area contributed by atoms with Crippen molar-refractivity contribution in [2.75, 3.05) is 11.7 Å². The van der Waals surface area contributed by atoms with Crippen molar-refractivity contribution in [1.29, 1.82) is 0 Å². The lowest BCUT2D eigenvalue weighted by Crippen LogP contribution is -2.07. The summed E-state index contributed by atoms with van der Waals surface area (Å²) in [5, 5.41) is 9.31. The third-order valence-electron chi connectivity index (χ3n) is 1.35. The lowest BCUT2D eigenvalue weighted by Gasteiger charge is -2.06. The van der Waals surface area contributed by atoms with Crippen LogP contribution in [0.5, 0.6) is 5.75 Å². The topological polar surface area (TPSA) is 58.3 Å². The Kier molecular flexibility index (Phi) is 2.62. The number of aromatic hydroxyl groups is 1. The Hall–Kier alpha value is -0.870. The van der Waals surface area contributed by atoms with Gasteiger partial charge in [0.1, 0.15) is 5.75 Å². The number of hydrogen-bond acceptors (Lipinski definition) is 4. The number of nitrogens with one attached hydrogen (secondary N) is 1. The fourth-order valence-corrected chi connectivity index (χ4v) is 1.48. The Bertz CT molecular complexity index is 252. The van der Waals surface area contributed by atoms with Crippen LogP contribution in [-0.4, -0.2) is 11.4 Å². The zero-order valence-electron chi connectivity index (χ0n) is 6.16. The van der Waals surface area contributed by atoms with Crippen LogP contribution in [-0.2, 0) is 0 Å². The number of phenols is 1. The second-order valence-electron chi connectivity index (χ2n) is 2.00. The van der Waals surface area contributed by atoms with E-state index in [-0.39, 0.29) is 5.75 Å². The normalized spacial score (nSPS) is 9.64. The zero-order chi connectivity index (χ0) is 8.27. The van der Waals surface area contributed by atoms with Crippen molar-refractivity contribution >= 4 is 17.4 Å². The molecule has 11 heavy (non-hydrogen) atoms. The summed E-state index contributed by atoms with van der Waals surface area (Å²) in [5.74, 6) is 5.48. The summed E-state index contributed by atoms with van der Waals surface area (Å²) in [6.07, 6.45) is 1.88. The maximum absolute atomic E-state index is 9.31. The van der Waals surface area contributed by atoms with Gasteiger partial charge in [-0.15, -0.1) is 11.8 Å². The number of nitrogens with two attached hydrogens (primary N) is 1. The molecule has 4 heteroatoms. The number of benzene rings is 1. The fraction of sp³-hybridized carbons (Fsp3) is 0.143. The molecule has 0 fully saturated rings. The van der Waals surface area contributed by atoms with Gasteiger partial charge in [0.15, 0.2) is 0 Å². The van der Waals surface area contributed by atoms with E-state index >= 15 is 0 Å². The number of anilines is 1. The van der Waals surface area contributed by atoms with Gasteiger partial charge in [0, 0.05) is 0 Å². The highest BCUT2D eigenvalue weighted by Gasteiger charge is 2.03. The van der Waals surface area contributed by atoms with Crippen molar-refractivity contribution in [3.05, 3.63) is 18.2 Å². The average molecular weight is 170 g/mol. The van der Waals surface area contributed by atoms with Gasteiger partial charge >= 0.3 is 0 Å². The van der Waals surface area contributed by atoms with Gasteiger partial charge in [-0.25, -0.2) is 0 Å². The van der Waals surface area contributed by atoms with Crippen LogP contribution in [0.3, 0.4) is 0 Å². The van der Waals surface area contributed by atoms with Crippen LogP contribution in [0.4, 0.5) is 5.69 Å². The summed E-state index contributed by atoms with van der Waals surface area (Å²) >= 11 is 1.45. The molecule has 0 unspecified atom stereocenters. The minimum atomic E-state index is 0.257. The van der Waals surface area contributed by atoms with Crippen LogP contribution in [0.15, 0.2) is 23.1 Å². The van der Waals surface area contributed by atoms with E-state index in [0.717, 1.165) is 10.6 Å². The van der Waals surface area contributed by atoms with Crippen molar-refractivity contribution in [2.45, 2.75) is 4.90 Å². The molecule has 0 aliphatic rings. The minimum Gasteiger partial charge on any atom is -0.507 e. The first-order chi connectivity index (χ1) is 5.29. The standard InChI is InChI=1S/C7H10N2OS/c1-11-7-5(9-8)3-2-4-6(7)10/h2-4,9-10H,8H2,1H3. The molecular formula is C7H10N2OS. The largest absolute Gasteiger partial charge is 0.507 e. The van der Waals surface area contributed by atoms with E-state index in [2.05, 4.69) is 5.43 Å². The first-order valence-corrected chi connectivity index (χ1v) is 4.34. The molecule has 1 aromatic rings. The van der Waals surface area contributed by atoms with Crippen molar-refractivity contribution in [3.63, 3.8) is 0 Å². The number of phenolic OH excluding ortho intramolecular Hbond substituents is 1. The molecular weight excluding hydrogens is 160 g/mol. The number of thioether (sulfide) groups is 1. The highest BCUT2D eigenvalue weighted by atomic mass is 32.2. The highest BCUT2D eigenvalue weighted by molar-refractivity contribution is 7.98. The van der Waals surface area contributed by atoms with Crippen LogP contribution in [0.25, 0.3) is 0 Å². The Morgan fingerprint density at radius 2 is 2.27 bits per heavy atom. The molecule has 0 atom stereocenters. The molecule has 1 aromatic carbocycles. The number of nitrogen functional groups attached to an aromatic ring is 1. The van der Waals surface area contributed by atoms with Crippen LogP contribution in [0.2, 0.25) is 0 Å². The second-order valence-corrected chi connectivity index (χ2v) is 2.82. The second kappa shape index (κ2) is 3.50. The molecule has 1 rings (SSSR count). The molecule has 0 aliphatic heterocycles. The predicted molar refractivity (Wildman–Crippen MR) is 47.7 cm³/mol. The molecule has 0 saturated carbocycles. The number of hydrazine groups is 1. The van der Waals surface area contributed by atoms with Crippen LogP contribution >= 0.6 is 11.8 Å². The van der Waals surface area contributed by atoms with Crippen molar-refractivity contribution in [2.24, 2.45) is 5.84 Å². The van der Waals surface area contributed by atoms with Gasteiger partial charge in [-0.3, -0.25) is 5.84 Å². The Balaban J connectivity index is 3.13. The monoisotopic (exact) mass is 170 g/mol. The van der Waals surface area contributed by atoms with Gasteiger partial charge in [0.2, 0.25) is 0 Å². The van der Waals surface area contributed by atoms with Gasteiger partial charge < -0.3 is 10.5 Å². The van der Waals surface area contributed by atoms with Crippen molar-refractivity contribution in [1.82, 2.24) is 0 Å². The highest BCUT2D eigenvalue weighted by Crippen LogP contribution is 2.32. The number of hydrogen-bond donors (Lipinski definition) is 3. The Morgan fingerprint density at radius 1 is 1.55 bits per heavy atom. The quantitative estimate of drug-likeness (QED) is 0.357. The van der Waals surface area contributed by atoms with Gasteiger partial charge in [0.25, 0.3) is 0 Å². The molecule has 0 spiro atoms. The lowest BCUT2D eigenvalue weighted by molar-refractivity contribution is 0.463. The Morgan fingerprint density at radius 3 is 2.73 bits per heavy atom. The molecule has 3 nitrogen and oxygen atoms in total. The van der Waals surface area contributed by atoms with E-state index in [4.69, 9.17) is 5.84 Å². The average Bonchev–Trinajstić information content (AvgIpc) is 2.04. The van der Waals surface area contributed by atoms with E-state index in [1.807, 2.05) is 12.3 Å². The molecule has 0 heterocycles. The predicted octanol–water partition coefficient (Wildman–Crippen LogP) is 1.40. The summed E-state index contributed by atoms with van der Waals surface area (Å²) < 4.78 is 0. The van der Waals surface area contributed by atoms with Gasteiger partial charge in [-0.1, -0.05) is 6.07 Å².